The zero-order chi connectivity index (χ0) is 13.5. The predicted octanol–water partition coefficient (Wildman–Crippen LogP) is -2.84. The van der Waals surface area contributed by atoms with Crippen molar-refractivity contribution in [2.45, 2.75) is 12.5 Å². The Kier molecular flexibility index (Phi) is 5.53. The van der Waals surface area contributed by atoms with Gasteiger partial charge < -0.3 is 21.5 Å². The number of hydrogen-bond acceptors (Lipinski definition) is 5. The monoisotopic (exact) mass is 258 g/mol. The van der Waals surface area contributed by atoms with E-state index in [9.17, 15) is 14.4 Å². The molecule has 1 aliphatic heterocycles. The van der Waals surface area contributed by atoms with Crippen LogP contribution in [0.15, 0.2) is 0 Å². The van der Waals surface area contributed by atoms with Gasteiger partial charge in [0.1, 0.15) is 6.04 Å². The predicted molar refractivity (Wildman–Crippen MR) is 62.2 cm³/mol. The molecular formula is C10H18N4O4. The summed E-state index contributed by atoms with van der Waals surface area (Å²) in [6.07, 6.45) is -0.288. The van der Waals surface area contributed by atoms with Crippen LogP contribution in [0.4, 0.5) is 0 Å². The molecule has 0 bridgehead atoms. The van der Waals surface area contributed by atoms with Crippen molar-refractivity contribution in [3.63, 3.8) is 0 Å². The molecule has 0 aromatic carbocycles. The van der Waals surface area contributed by atoms with Gasteiger partial charge in [0.2, 0.25) is 17.7 Å². The van der Waals surface area contributed by atoms with E-state index >= 15 is 0 Å². The summed E-state index contributed by atoms with van der Waals surface area (Å²) in [7, 11) is 0. The molecule has 8 nitrogen and oxygen atoms in total. The molecule has 0 spiro atoms. The van der Waals surface area contributed by atoms with E-state index in [1.54, 1.807) is 0 Å². The summed E-state index contributed by atoms with van der Waals surface area (Å²) in [5, 5.41) is 2.40. The number of rotatable bonds is 6. The normalized spacial score (nSPS) is 18.0. The second-order valence-corrected chi connectivity index (χ2v) is 4.08. The minimum Gasteiger partial charge on any atom is -0.379 e. The molecule has 18 heavy (non-hydrogen) atoms. The van der Waals surface area contributed by atoms with Crippen LogP contribution in [0.2, 0.25) is 0 Å². The number of nitrogens with one attached hydrogen (secondary N) is 1. The second kappa shape index (κ2) is 6.92. The Labute approximate surface area is 105 Å². The molecule has 1 atom stereocenters. The smallest absolute Gasteiger partial charge is 0.240 e. The van der Waals surface area contributed by atoms with Gasteiger partial charge in [-0.1, -0.05) is 0 Å². The summed E-state index contributed by atoms with van der Waals surface area (Å²) in [5.74, 6) is -1.82. The van der Waals surface area contributed by atoms with Crippen molar-refractivity contribution in [2.24, 2.45) is 11.5 Å². The largest absolute Gasteiger partial charge is 0.379 e. The maximum absolute atomic E-state index is 11.7. The summed E-state index contributed by atoms with van der Waals surface area (Å²) in [6, 6.07) is -1.05. The van der Waals surface area contributed by atoms with E-state index in [1.807, 2.05) is 4.90 Å². The molecule has 0 aromatic rings. The number of morpholine rings is 1. The van der Waals surface area contributed by atoms with Crippen molar-refractivity contribution in [3.8, 4) is 0 Å². The molecule has 1 heterocycles. The topological polar surface area (TPSA) is 128 Å². The Balaban J connectivity index is 2.40. The molecule has 1 fully saturated rings. The SMILES string of the molecule is NC(=O)C[C@H](NC(=O)CN1CCOCC1)C(N)=O. The van der Waals surface area contributed by atoms with E-state index in [0.29, 0.717) is 26.3 Å². The van der Waals surface area contributed by atoms with Gasteiger partial charge >= 0.3 is 0 Å². The number of ether oxygens (including phenoxy) is 1. The Bertz CT molecular complexity index is 328. The summed E-state index contributed by atoms with van der Waals surface area (Å²) in [4.78, 5) is 35.3. The van der Waals surface area contributed by atoms with E-state index in [-0.39, 0.29) is 18.9 Å². The minimum absolute atomic E-state index is 0.145. The molecule has 1 rings (SSSR count). The zero-order valence-corrected chi connectivity index (χ0v) is 10.1. The lowest BCUT2D eigenvalue weighted by atomic mass is 10.2. The highest BCUT2D eigenvalue weighted by atomic mass is 16.5. The van der Waals surface area contributed by atoms with Crippen LogP contribution in [0.1, 0.15) is 6.42 Å². The first kappa shape index (κ1) is 14.4. The highest BCUT2D eigenvalue weighted by molar-refractivity contribution is 5.91. The molecule has 0 saturated carbocycles. The van der Waals surface area contributed by atoms with Crippen molar-refractivity contribution < 1.29 is 19.1 Å². The first-order valence-corrected chi connectivity index (χ1v) is 5.66. The Morgan fingerprint density at radius 3 is 2.33 bits per heavy atom. The average molecular weight is 258 g/mol. The maximum atomic E-state index is 11.7. The van der Waals surface area contributed by atoms with Crippen LogP contribution in [-0.2, 0) is 19.1 Å². The third kappa shape index (κ3) is 5.11. The van der Waals surface area contributed by atoms with Crippen LogP contribution < -0.4 is 16.8 Å². The van der Waals surface area contributed by atoms with Gasteiger partial charge in [-0.15, -0.1) is 0 Å². The van der Waals surface area contributed by atoms with Crippen LogP contribution in [0.25, 0.3) is 0 Å². The number of carbonyl (C=O) groups is 3. The summed E-state index contributed by atoms with van der Waals surface area (Å²) >= 11 is 0. The summed E-state index contributed by atoms with van der Waals surface area (Å²) < 4.78 is 5.14. The summed E-state index contributed by atoms with van der Waals surface area (Å²) in [5.41, 5.74) is 10.0. The number of nitrogens with zero attached hydrogens (tertiary/aromatic N) is 1. The van der Waals surface area contributed by atoms with Gasteiger partial charge in [-0.25, -0.2) is 0 Å². The maximum Gasteiger partial charge on any atom is 0.240 e. The summed E-state index contributed by atoms with van der Waals surface area (Å²) in [6.45, 7) is 2.61. The van der Waals surface area contributed by atoms with Crippen molar-refractivity contribution >= 4 is 17.7 Å². The van der Waals surface area contributed by atoms with Crippen LogP contribution in [0, 0.1) is 0 Å². The first-order chi connectivity index (χ1) is 8.49. The van der Waals surface area contributed by atoms with E-state index in [2.05, 4.69) is 5.32 Å². The number of hydrogen-bond donors (Lipinski definition) is 3. The lowest BCUT2D eigenvalue weighted by Crippen LogP contribution is -2.50. The zero-order valence-electron chi connectivity index (χ0n) is 10.1. The third-order valence-corrected chi connectivity index (χ3v) is 2.55. The van der Waals surface area contributed by atoms with Gasteiger partial charge in [0.15, 0.2) is 0 Å². The number of carbonyl (C=O) groups excluding carboxylic acids is 3. The third-order valence-electron chi connectivity index (χ3n) is 2.55. The Hall–Kier alpha value is -1.67. The van der Waals surface area contributed by atoms with Crippen molar-refractivity contribution in [1.29, 1.82) is 0 Å². The number of nitrogens with two attached hydrogens (primary N) is 2. The molecular weight excluding hydrogens is 240 g/mol. The quantitative estimate of drug-likeness (QED) is 0.473. The van der Waals surface area contributed by atoms with E-state index in [0.717, 1.165) is 0 Å². The molecule has 0 radical (unpaired) electrons. The lowest BCUT2D eigenvalue weighted by Gasteiger charge is -2.26. The van der Waals surface area contributed by atoms with Gasteiger partial charge in [-0.3, -0.25) is 19.3 Å². The van der Waals surface area contributed by atoms with E-state index < -0.39 is 17.9 Å². The molecule has 3 amide bonds. The van der Waals surface area contributed by atoms with Gasteiger partial charge in [-0.2, -0.15) is 0 Å². The highest BCUT2D eigenvalue weighted by Crippen LogP contribution is 1.97. The van der Waals surface area contributed by atoms with Crippen molar-refractivity contribution in [1.82, 2.24) is 10.2 Å². The van der Waals surface area contributed by atoms with Crippen LogP contribution in [0.5, 0.6) is 0 Å². The molecule has 0 unspecified atom stereocenters. The number of amides is 3. The standard InChI is InChI=1S/C10H18N4O4/c11-8(15)5-7(10(12)17)13-9(16)6-14-1-3-18-4-2-14/h7H,1-6H2,(H2,11,15)(H2,12,17)(H,13,16)/t7-/m0/s1. The molecule has 1 aliphatic rings. The molecule has 5 N–H and O–H groups in total. The fourth-order valence-corrected chi connectivity index (χ4v) is 1.63. The van der Waals surface area contributed by atoms with Crippen LogP contribution in [0.3, 0.4) is 0 Å². The van der Waals surface area contributed by atoms with Gasteiger partial charge in [0.25, 0.3) is 0 Å². The van der Waals surface area contributed by atoms with Gasteiger partial charge in [0, 0.05) is 13.1 Å². The van der Waals surface area contributed by atoms with Crippen molar-refractivity contribution in [2.75, 3.05) is 32.8 Å². The van der Waals surface area contributed by atoms with E-state index in [4.69, 9.17) is 16.2 Å². The fourth-order valence-electron chi connectivity index (χ4n) is 1.63. The lowest BCUT2D eigenvalue weighted by molar-refractivity contribution is -0.130. The van der Waals surface area contributed by atoms with Gasteiger partial charge in [-0.05, 0) is 0 Å². The molecule has 0 aliphatic carbocycles. The second-order valence-electron chi connectivity index (χ2n) is 4.08. The Morgan fingerprint density at radius 1 is 1.22 bits per heavy atom. The minimum atomic E-state index is -1.05. The van der Waals surface area contributed by atoms with Gasteiger partial charge in [0.05, 0.1) is 26.2 Å². The van der Waals surface area contributed by atoms with E-state index in [1.165, 1.54) is 0 Å². The average Bonchev–Trinajstić information content (AvgIpc) is 2.28. The molecule has 1 saturated heterocycles. The molecule has 102 valence electrons. The highest BCUT2D eigenvalue weighted by Gasteiger charge is 2.22. The van der Waals surface area contributed by atoms with Crippen molar-refractivity contribution in [3.05, 3.63) is 0 Å². The number of primary amides is 2. The van der Waals surface area contributed by atoms with Crippen LogP contribution in [-0.4, -0.2) is 61.5 Å². The fraction of sp³-hybridized carbons (Fsp3) is 0.700. The van der Waals surface area contributed by atoms with Crippen LogP contribution >= 0.6 is 0 Å². The Morgan fingerprint density at radius 2 is 1.83 bits per heavy atom. The first-order valence-electron chi connectivity index (χ1n) is 5.66. The molecule has 0 aromatic heterocycles. The molecule has 8 heteroatoms.